The standard InChI is InChI=1S/C11H9NO4/c1-15-8-5-3-2-4-7(8)9-6-12-10(16-9)11(13)14/h2-6H,1H3,(H,13,14). The lowest BCUT2D eigenvalue weighted by atomic mass is 10.1. The summed E-state index contributed by atoms with van der Waals surface area (Å²) in [5, 5.41) is 8.68. The summed E-state index contributed by atoms with van der Waals surface area (Å²) in [7, 11) is 1.54. The lowest BCUT2D eigenvalue weighted by molar-refractivity contribution is 0.0654. The molecule has 1 heterocycles. The maximum absolute atomic E-state index is 10.6. The van der Waals surface area contributed by atoms with Crippen molar-refractivity contribution in [2.24, 2.45) is 0 Å². The van der Waals surface area contributed by atoms with Gasteiger partial charge >= 0.3 is 11.9 Å². The molecule has 16 heavy (non-hydrogen) atoms. The Morgan fingerprint density at radius 2 is 2.19 bits per heavy atom. The van der Waals surface area contributed by atoms with E-state index in [0.717, 1.165) is 0 Å². The van der Waals surface area contributed by atoms with Crippen LogP contribution in [0, 0.1) is 0 Å². The van der Waals surface area contributed by atoms with Gasteiger partial charge in [-0.1, -0.05) is 12.1 Å². The largest absolute Gasteiger partial charge is 0.496 e. The first kappa shape index (κ1) is 10.2. The normalized spacial score (nSPS) is 10.1. The molecular weight excluding hydrogens is 210 g/mol. The van der Waals surface area contributed by atoms with Crippen LogP contribution in [0.4, 0.5) is 0 Å². The molecule has 82 valence electrons. The maximum atomic E-state index is 10.6. The van der Waals surface area contributed by atoms with Crippen molar-refractivity contribution in [1.29, 1.82) is 0 Å². The lowest BCUT2D eigenvalue weighted by Crippen LogP contribution is -1.94. The number of methoxy groups -OCH3 is 1. The van der Waals surface area contributed by atoms with E-state index in [1.54, 1.807) is 18.2 Å². The highest BCUT2D eigenvalue weighted by atomic mass is 16.5. The highest BCUT2D eigenvalue weighted by Crippen LogP contribution is 2.29. The predicted octanol–water partition coefficient (Wildman–Crippen LogP) is 2.05. The molecule has 0 radical (unpaired) electrons. The SMILES string of the molecule is COc1ccccc1-c1cnc(C(=O)O)o1. The van der Waals surface area contributed by atoms with Crippen LogP contribution in [0.2, 0.25) is 0 Å². The number of aromatic nitrogens is 1. The number of carboxylic acid groups (broad SMARTS) is 1. The van der Waals surface area contributed by atoms with Crippen LogP contribution in [0.5, 0.6) is 5.75 Å². The van der Waals surface area contributed by atoms with Gasteiger partial charge in [-0.15, -0.1) is 0 Å². The predicted molar refractivity (Wildman–Crippen MR) is 55.5 cm³/mol. The molecule has 1 aromatic heterocycles. The van der Waals surface area contributed by atoms with Gasteiger partial charge < -0.3 is 14.3 Å². The van der Waals surface area contributed by atoms with Gasteiger partial charge in [0.05, 0.1) is 18.9 Å². The average molecular weight is 219 g/mol. The van der Waals surface area contributed by atoms with Crippen LogP contribution in [0.3, 0.4) is 0 Å². The van der Waals surface area contributed by atoms with Gasteiger partial charge in [0.25, 0.3) is 0 Å². The Hall–Kier alpha value is -2.30. The number of aromatic carboxylic acids is 1. The Morgan fingerprint density at radius 3 is 2.81 bits per heavy atom. The van der Waals surface area contributed by atoms with Crippen LogP contribution in [0.25, 0.3) is 11.3 Å². The highest BCUT2D eigenvalue weighted by molar-refractivity contribution is 5.83. The smallest absolute Gasteiger partial charge is 0.392 e. The number of rotatable bonds is 3. The summed E-state index contributed by atoms with van der Waals surface area (Å²) in [6.45, 7) is 0. The minimum atomic E-state index is -1.19. The van der Waals surface area contributed by atoms with Crippen molar-refractivity contribution in [2.45, 2.75) is 0 Å². The van der Waals surface area contributed by atoms with Crippen molar-refractivity contribution in [3.05, 3.63) is 36.4 Å². The molecular formula is C11H9NO4. The fourth-order valence-electron chi connectivity index (χ4n) is 1.35. The molecule has 1 aromatic carbocycles. The van der Waals surface area contributed by atoms with Crippen LogP contribution in [-0.2, 0) is 0 Å². The molecule has 0 aliphatic rings. The number of para-hydroxylation sites is 1. The van der Waals surface area contributed by atoms with E-state index in [4.69, 9.17) is 14.3 Å². The number of carboxylic acids is 1. The van der Waals surface area contributed by atoms with Crippen molar-refractivity contribution in [1.82, 2.24) is 4.98 Å². The molecule has 0 aliphatic carbocycles. The summed E-state index contributed by atoms with van der Waals surface area (Å²) in [4.78, 5) is 14.3. The minimum absolute atomic E-state index is 0.332. The molecule has 0 saturated carbocycles. The second kappa shape index (κ2) is 4.06. The molecule has 0 unspecified atom stereocenters. The molecule has 0 atom stereocenters. The molecule has 5 nitrogen and oxygen atoms in total. The third kappa shape index (κ3) is 1.75. The van der Waals surface area contributed by atoms with Crippen LogP contribution in [0.15, 0.2) is 34.9 Å². The van der Waals surface area contributed by atoms with E-state index in [9.17, 15) is 4.79 Å². The van der Waals surface area contributed by atoms with E-state index in [2.05, 4.69) is 4.98 Å². The molecule has 1 N–H and O–H groups in total. The first-order chi connectivity index (χ1) is 7.72. The topological polar surface area (TPSA) is 72.6 Å². The van der Waals surface area contributed by atoms with Gasteiger partial charge in [0.2, 0.25) is 0 Å². The number of hydrogen-bond donors (Lipinski definition) is 1. The summed E-state index contributed by atoms with van der Waals surface area (Å²) >= 11 is 0. The van der Waals surface area contributed by atoms with Gasteiger partial charge in [-0.05, 0) is 12.1 Å². The number of ether oxygens (including phenoxy) is 1. The van der Waals surface area contributed by atoms with Gasteiger partial charge in [-0.3, -0.25) is 0 Å². The van der Waals surface area contributed by atoms with Crippen LogP contribution < -0.4 is 4.74 Å². The molecule has 2 rings (SSSR count). The third-order valence-electron chi connectivity index (χ3n) is 2.06. The zero-order chi connectivity index (χ0) is 11.5. The fraction of sp³-hybridized carbons (Fsp3) is 0.0909. The molecule has 0 amide bonds. The van der Waals surface area contributed by atoms with E-state index >= 15 is 0 Å². The zero-order valence-electron chi connectivity index (χ0n) is 8.51. The number of hydrogen-bond acceptors (Lipinski definition) is 4. The second-order valence-electron chi connectivity index (χ2n) is 3.04. The highest BCUT2D eigenvalue weighted by Gasteiger charge is 2.14. The minimum Gasteiger partial charge on any atom is -0.496 e. The Labute approximate surface area is 91.3 Å². The van der Waals surface area contributed by atoms with Crippen LogP contribution in [0.1, 0.15) is 10.7 Å². The van der Waals surface area contributed by atoms with E-state index in [1.165, 1.54) is 13.3 Å². The van der Waals surface area contributed by atoms with Crippen molar-refractivity contribution >= 4 is 5.97 Å². The number of oxazole rings is 1. The zero-order valence-corrected chi connectivity index (χ0v) is 8.51. The van der Waals surface area contributed by atoms with E-state index < -0.39 is 5.97 Å². The summed E-state index contributed by atoms with van der Waals surface area (Å²) < 4.78 is 10.2. The van der Waals surface area contributed by atoms with E-state index in [0.29, 0.717) is 17.1 Å². The summed E-state index contributed by atoms with van der Waals surface area (Å²) in [5.41, 5.74) is 0.671. The summed E-state index contributed by atoms with van der Waals surface area (Å²) in [6, 6.07) is 7.15. The Morgan fingerprint density at radius 1 is 1.44 bits per heavy atom. The van der Waals surface area contributed by atoms with E-state index in [1.807, 2.05) is 6.07 Å². The average Bonchev–Trinajstić information content (AvgIpc) is 2.78. The quantitative estimate of drug-likeness (QED) is 0.855. The Balaban J connectivity index is 2.46. The van der Waals surface area contributed by atoms with Crippen molar-refractivity contribution < 1.29 is 19.1 Å². The fourth-order valence-corrected chi connectivity index (χ4v) is 1.35. The molecule has 0 spiro atoms. The summed E-state index contributed by atoms with van der Waals surface area (Å²) in [6.07, 6.45) is 1.36. The Kier molecular flexibility index (Phi) is 2.59. The second-order valence-corrected chi connectivity index (χ2v) is 3.04. The number of carbonyl (C=O) groups is 1. The monoisotopic (exact) mass is 219 g/mol. The van der Waals surface area contributed by atoms with Crippen molar-refractivity contribution in [3.63, 3.8) is 0 Å². The molecule has 0 aliphatic heterocycles. The van der Waals surface area contributed by atoms with Crippen LogP contribution >= 0.6 is 0 Å². The van der Waals surface area contributed by atoms with Gasteiger partial charge in [0.15, 0.2) is 5.76 Å². The Bertz CT molecular complexity index is 518. The first-order valence-corrected chi connectivity index (χ1v) is 4.55. The third-order valence-corrected chi connectivity index (χ3v) is 2.06. The molecule has 0 bridgehead atoms. The first-order valence-electron chi connectivity index (χ1n) is 4.55. The van der Waals surface area contributed by atoms with Crippen LogP contribution in [-0.4, -0.2) is 23.2 Å². The van der Waals surface area contributed by atoms with Gasteiger partial charge in [-0.25, -0.2) is 9.78 Å². The van der Waals surface area contributed by atoms with E-state index in [-0.39, 0.29) is 5.89 Å². The number of nitrogens with zero attached hydrogens (tertiary/aromatic N) is 1. The van der Waals surface area contributed by atoms with Gasteiger partial charge in [0, 0.05) is 0 Å². The lowest BCUT2D eigenvalue weighted by Gasteiger charge is -2.03. The van der Waals surface area contributed by atoms with Crippen molar-refractivity contribution in [3.8, 4) is 17.1 Å². The number of benzene rings is 1. The molecule has 0 saturated heterocycles. The van der Waals surface area contributed by atoms with Gasteiger partial charge in [0.1, 0.15) is 5.75 Å². The molecule has 2 aromatic rings. The molecule has 5 heteroatoms. The maximum Gasteiger partial charge on any atom is 0.392 e. The van der Waals surface area contributed by atoms with Gasteiger partial charge in [-0.2, -0.15) is 0 Å². The van der Waals surface area contributed by atoms with Crippen molar-refractivity contribution in [2.75, 3.05) is 7.11 Å². The molecule has 0 fully saturated rings. The summed E-state index contributed by atoms with van der Waals surface area (Å²) in [5.74, 6) is -0.549.